The number of nitrogens with two attached hydrogens (primary N) is 1. The van der Waals surface area contributed by atoms with Gasteiger partial charge in [0.25, 0.3) is 5.91 Å². The van der Waals surface area contributed by atoms with E-state index in [1.165, 1.54) is 11.0 Å². The zero-order valence-corrected chi connectivity index (χ0v) is 17.6. The zero-order chi connectivity index (χ0) is 23.0. The summed E-state index contributed by atoms with van der Waals surface area (Å²) in [6.07, 6.45) is 0. The largest absolute Gasteiger partial charge is 0.351 e. The van der Waals surface area contributed by atoms with E-state index in [0.717, 1.165) is 5.56 Å². The first kappa shape index (κ1) is 21.1. The van der Waals surface area contributed by atoms with Crippen molar-refractivity contribution in [3.8, 4) is 17.3 Å². The average Bonchev–Trinajstić information content (AvgIpc) is 3.14. The summed E-state index contributed by atoms with van der Waals surface area (Å²) in [6, 6.07) is 11.1. The molecule has 8 nitrogen and oxygen atoms in total. The lowest BCUT2D eigenvalue weighted by Crippen LogP contribution is -2.42. The van der Waals surface area contributed by atoms with Gasteiger partial charge in [0.1, 0.15) is 11.5 Å². The van der Waals surface area contributed by atoms with Crippen molar-refractivity contribution in [3.63, 3.8) is 0 Å². The molecule has 2 aromatic carbocycles. The molecule has 0 bridgehead atoms. The maximum absolute atomic E-state index is 13.8. The van der Waals surface area contributed by atoms with E-state index >= 15 is 0 Å². The van der Waals surface area contributed by atoms with Crippen LogP contribution in [-0.4, -0.2) is 33.2 Å². The maximum atomic E-state index is 13.8. The molecule has 32 heavy (non-hydrogen) atoms. The van der Waals surface area contributed by atoms with Gasteiger partial charge in [0.2, 0.25) is 0 Å². The molecule has 2 heterocycles. The van der Waals surface area contributed by atoms with Gasteiger partial charge in [0, 0.05) is 17.8 Å². The molecule has 0 aliphatic carbocycles. The van der Waals surface area contributed by atoms with E-state index in [0.29, 0.717) is 52.4 Å². The quantitative estimate of drug-likeness (QED) is 0.660. The van der Waals surface area contributed by atoms with E-state index in [-0.39, 0.29) is 12.4 Å². The summed E-state index contributed by atoms with van der Waals surface area (Å²) in [6.45, 7) is 4.32. The van der Waals surface area contributed by atoms with Crippen molar-refractivity contribution < 1.29 is 14.0 Å². The van der Waals surface area contributed by atoms with Crippen LogP contribution in [0.4, 0.5) is 14.9 Å². The van der Waals surface area contributed by atoms with Gasteiger partial charge in [-0.05, 0) is 61.4 Å². The molecular weight excluding hydrogens is 411 g/mol. The van der Waals surface area contributed by atoms with Crippen LogP contribution in [0, 0.1) is 31.0 Å². The fraction of sp³-hybridized carbons (Fsp3) is 0.217. The summed E-state index contributed by atoms with van der Waals surface area (Å²) in [7, 11) is 0. The Kier molecular flexibility index (Phi) is 5.36. The SMILES string of the molecule is Cc1cc(-c2nn3c(c2C(=O)Nc2ccc(C#N)c(C)c2)CN(C(N)=O)CC3)ccc1F. The van der Waals surface area contributed by atoms with Crippen molar-refractivity contribution in [1.29, 1.82) is 5.26 Å². The van der Waals surface area contributed by atoms with Crippen LogP contribution in [-0.2, 0) is 13.1 Å². The number of fused-ring (bicyclic) bond motifs is 1. The van der Waals surface area contributed by atoms with Crippen LogP contribution < -0.4 is 11.1 Å². The average molecular weight is 432 g/mol. The Morgan fingerprint density at radius 2 is 1.94 bits per heavy atom. The highest BCUT2D eigenvalue weighted by atomic mass is 19.1. The third-order valence-electron chi connectivity index (χ3n) is 5.55. The van der Waals surface area contributed by atoms with E-state index in [9.17, 15) is 14.0 Å². The van der Waals surface area contributed by atoms with E-state index in [4.69, 9.17) is 11.0 Å². The summed E-state index contributed by atoms with van der Waals surface area (Å²) < 4.78 is 15.5. The second-order valence-electron chi connectivity index (χ2n) is 7.71. The van der Waals surface area contributed by atoms with E-state index in [1.807, 2.05) is 0 Å². The zero-order valence-electron chi connectivity index (χ0n) is 17.6. The van der Waals surface area contributed by atoms with Crippen LogP contribution in [0.2, 0.25) is 0 Å². The Hall–Kier alpha value is -4.19. The first-order valence-electron chi connectivity index (χ1n) is 10.0. The van der Waals surface area contributed by atoms with Gasteiger partial charge in [-0.3, -0.25) is 9.48 Å². The van der Waals surface area contributed by atoms with Crippen molar-refractivity contribution >= 4 is 17.6 Å². The Morgan fingerprint density at radius 1 is 1.16 bits per heavy atom. The van der Waals surface area contributed by atoms with Crippen molar-refractivity contribution in [2.45, 2.75) is 26.9 Å². The standard InChI is InChI=1S/C23H21FN6O2/c1-13-10-17(5-3-16(13)11-25)27-22(31)20-19-12-29(23(26)32)7-8-30(19)28-21(20)15-4-6-18(24)14(2)9-15/h3-6,9-10H,7-8,12H2,1-2H3,(H2,26,32)(H,27,31). The van der Waals surface area contributed by atoms with E-state index in [2.05, 4.69) is 16.5 Å². The molecule has 0 saturated carbocycles. The number of anilines is 1. The Morgan fingerprint density at radius 3 is 2.59 bits per heavy atom. The number of hydrogen-bond acceptors (Lipinski definition) is 4. The number of carbonyl (C=O) groups excluding carboxylic acids is 2. The van der Waals surface area contributed by atoms with Crippen LogP contribution >= 0.6 is 0 Å². The third kappa shape index (κ3) is 3.78. The molecule has 3 amide bonds. The minimum Gasteiger partial charge on any atom is -0.351 e. The number of urea groups is 1. The molecule has 0 fully saturated rings. The molecule has 162 valence electrons. The molecule has 0 unspecified atom stereocenters. The third-order valence-corrected chi connectivity index (χ3v) is 5.55. The number of hydrogen-bond donors (Lipinski definition) is 2. The van der Waals surface area contributed by atoms with Gasteiger partial charge >= 0.3 is 6.03 Å². The number of carbonyl (C=O) groups is 2. The molecule has 1 aliphatic heterocycles. The number of nitrogens with one attached hydrogen (secondary N) is 1. The molecule has 4 rings (SSSR count). The van der Waals surface area contributed by atoms with Gasteiger partial charge < -0.3 is 16.0 Å². The van der Waals surface area contributed by atoms with Gasteiger partial charge in [-0.25, -0.2) is 9.18 Å². The number of nitrogens with zero attached hydrogens (tertiary/aromatic N) is 4. The molecule has 3 N–H and O–H groups in total. The number of halogens is 1. The van der Waals surface area contributed by atoms with Crippen LogP contribution in [0.25, 0.3) is 11.3 Å². The van der Waals surface area contributed by atoms with E-state index < -0.39 is 11.9 Å². The number of aryl methyl sites for hydroxylation is 2. The number of aromatic nitrogens is 2. The summed E-state index contributed by atoms with van der Waals surface area (Å²) in [5, 5.41) is 16.6. The van der Waals surface area contributed by atoms with Gasteiger partial charge in [0.15, 0.2) is 0 Å². The number of rotatable bonds is 3. The Balaban J connectivity index is 1.79. The first-order chi connectivity index (χ1) is 15.3. The highest BCUT2D eigenvalue weighted by molar-refractivity contribution is 6.09. The summed E-state index contributed by atoms with van der Waals surface area (Å²) >= 11 is 0. The second-order valence-corrected chi connectivity index (χ2v) is 7.71. The number of nitriles is 1. The van der Waals surface area contributed by atoms with Gasteiger partial charge in [-0.15, -0.1) is 0 Å². The van der Waals surface area contributed by atoms with Crippen LogP contribution in [0.15, 0.2) is 36.4 Å². The first-order valence-corrected chi connectivity index (χ1v) is 10.0. The molecule has 1 aliphatic rings. The van der Waals surface area contributed by atoms with Crippen LogP contribution in [0.3, 0.4) is 0 Å². The van der Waals surface area contributed by atoms with Crippen LogP contribution in [0.5, 0.6) is 0 Å². The topological polar surface area (TPSA) is 117 Å². The van der Waals surface area contributed by atoms with Crippen LogP contribution in [0.1, 0.15) is 32.7 Å². The molecule has 0 radical (unpaired) electrons. The highest BCUT2D eigenvalue weighted by Gasteiger charge is 2.30. The fourth-order valence-corrected chi connectivity index (χ4v) is 3.80. The molecule has 9 heteroatoms. The molecule has 0 saturated heterocycles. The lowest BCUT2D eigenvalue weighted by atomic mass is 10.0. The summed E-state index contributed by atoms with van der Waals surface area (Å²) in [5.41, 5.74) is 9.51. The fourth-order valence-electron chi connectivity index (χ4n) is 3.80. The van der Waals surface area contributed by atoms with Crippen molar-refractivity contribution in [1.82, 2.24) is 14.7 Å². The van der Waals surface area contributed by atoms with Gasteiger partial charge in [-0.1, -0.05) is 0 Å². The molecule has 0 spiro atoms. The Labute approximate surface area is 184 Å². The normalized spacial score (nSPS) is 12.8. The monoisotopic (exact) mass is 432 g/mol. The predicted molar refractivity (Wildman–Crippen MR) is 116 cm³/mol. The number of amides is 3. The minimum atomic E-state index is -0.578. The lowest BCUT2D eigenvalue weighted by molar-refractivity contribution is 0.102. The Bertz CT molecular complexity index is 1290. The van der Waals surface area contributed by atoms with E-state index in [1.54, 1.807) is 48.9 Å². The predicted octanol–water partition coefficient (Wildman–Crippen LogP) is 3.32. The number of benzene rings is 2. The summed E-state index contributed by atoms with van der Waals surface area (Å²) in [4.78, 5) is 26.6. The maximum Gasteiger partial charge on any atom is 0.315 e. The summed E-state index contributed by atoms with van der Waals surface area (Å²) in [5.74, 6) is -0.768. The highest BCUT2D eigenvalue weighted by Crippen LogP contribution is 2.30. The second kappa shape index (κ2) is 8.15. The molecular formula is C23H21FN6O2. The smallest absolute Gasteiger partial charge is 0.315 e. The lowest BCUT2D eigenvalue weighted by Gasteiger charge is -2.26. The van der Waals surface area contributed by atoms with Crippen molar-refractivity contribution in [3.05, 3.63) is 70.2 Å². The van der Waals surface area contributed by atoms with Crippen molar-refractivity contribution in [2.75, 3.05) is 11.9 Å². The number of primary amides is 1. The molecule has 3 aromatic rings. The van der Waals surface area contributed by atoms with Gasteiger partial charge in [0.05, 0.1) is 36.0 Å². The van der Waals surface area contributed by atoms with Gasteiger partial charge in [-0.2, -0.15) is 10.4 Å². The van der Waals surface area contributed by atoms with Crippen molar-refractivity contribution in [2.24, 2.45) is 5.73 Å². The molecule has 1 aromatic heterocycles. The molecule has 0 atom stereocenters. The minimum absolute atomic E-state index is 0.137.